The van der Waals surface area contributed by atoms with Crippen LogP contribution in [0.25, 0.3) is 0 Å². The predicted octanol–water partition coefficient (Wildman–Crippen LogP) is 3.14. The highest BCUT2D eigenvalue weighted by molar-refractivity contribution is 5.52. The second-order valence-corrected chi connectivity index (χ2v) is 6.64. The maximum Gasteiger partial charge on any atom is 0.0429 e. The fraction of sp³-hybridized carbons (Fsp3) is 0.688. The Balaban J connectivity index is 2.10. The standard InChI is InChI=1S/C16H27N3/c1-13-11-17-9-8-15(13)19-10-6-5-7-14(19)12-18-16(2,3)4/h8-9,11,14,18H,5-7,10,12H2,1-4H3. The molecule has 1 aliphatic heterocycles. The Hall–Kier alpha value is -1.09. The number of pyridine rings is 1. The van der Waals surface area contributed by atoms with E-state index >= 15 is 0 Å². The van der Waals surface area contributed by atoms with E-state index in [1.165, 1.54) is 37.1 Å². The van der Waals surface area contributed by atoms with E-state index in [4.69, 9.17) is 0 Å². The number of rotatable bonds is 3. The molecule has 106 valence electrons. The molecule has 3 nitrogen and oxygen atoms in total. The summed E-state index contributed by atoms with van der Waals surface area (Å²) in [5.41, 5.74) is 2.83. The molecule has 2 rings (SSSR count). The van der Waals surface area contributed by atoms with Gasteiger partial charge in [-0.05, 0) is 58.6 Å². The number of aromatic nitrogens is 1. The lowest BCUT2D eigenvalue weighted by Crippen LogP contribution is -2.50. The zero-order valence-electron chi connectivity index (χ0n) is 12.7. The van der Waals surface area contributed by atoms with Gasteiger partial charge in [-0.3, -0.25) is 4.98 Å². The van der Waals surface area contributed by atoms with Crippen molar-refractivity contribution in [3.8, 4) is 0 Å². The third-order valence-corrected chi connectivity index (χ3v) is 3.80. The number of nitrogens with one attached hydrogen (secondary N) is 1. The molecular weight excluding hydrogens is 234 g/mol. The van der Waals surface area contributed by atoms with Crippen LogP contribution in [0, 0.1) is 6.92 Å². The molecule has 1 aromatic rings. The van der Waals surface area contributed by atoms with Crippen LogP contribution in [0.1, 0.15) is 45.6 Å². The van der Waals surface area contributed by atoms with Crippen molar-refractivity contribution in [3.05, 3.63) is 24.0 Å². The minimum absolute atomic E-state index is 0.191. The normalized spacial score (nSPS) is 20.6. The summed E-state index contributed by atoms with van der Waals surface area (Å²) < 4.78 is 0. The first-order valence-corrected chi connectivity index (χ1v) is 7.40. The Kier molecular flexibility index (Phi) is 4.46. The molecule has 0 amide bonds. The fourth-order valence-corrected chi connectivity index (χ4v) is 2.74. The first kappa shape index (κ1) is 14.3. The van der Waals surface area contributed by atoms with Crippen LogP contribution in [0.3, 0.4) is 0 Å². The van der Waals surface area contributed by atoms with Crippen LogP contribution in [0.5, 0.6) is 0 Å². The fourth-order valence-electron chi connectivity index (χ4n) is 2.74. The van der Waals surface area contributed by atoms with Gasteiger partial charge in [0.1, 0.15) is 0 Å². The van der Waals surface area contributed by atoms with Crippen LogP contribution < -0.4 is 10.2 Å². The Bertz CT molecular complexity index is 409. The summed E-state index contributed by atoms with van der Waals surface area (Å²) in [7, 11) is 0. The minimum Gasteiger partial charge on any atom is -0.367 e. The second-order valence-electron chi connectivity index (χ2n) is 6.64. The summed E-state index contributed by atoms with van der Waals surface area (Å²) in [6.45, 7) is 11.1. The minimum atomic E-state index is 0.191. The Morgan fingerprint density at radius 1 is 1.37 bits per heavy atom. The van der Waals surface area contributed by atoms with Crippen LogP contribution >= 0.6 is 0 Å². The molecule has 0 aromatic carbocycles. The van der Waals surface area contributed by atoms with Crippen molar-refractivity contribution in [2.45, 2.75) is 58.5 Å². The highest BCUT2D eigenvalue weighted by Crippen LogP contribution is 2.26. The number of piperidine rings is 1. The van der Waals surface area contributed by atoms with Crippen molar-refractivity contribution in [1.82, 2.24) is 10.3 Å². The molecular formula is C16H27N3. The number of hydrogen-bond acceptors (Lipinski definition) is 3. The molecule has 0 aliphatic carbocycles. The van der Waals surface area contributed by atoms with Crippen molar-refractivity contribution < 1.29 is 0 Å². The van der Waals surface area contributed by atoms with Crippen LogP contribution in [-0.2, 0) is 0 Å². The van der Waals surface area contributed by atoms with Crippen LogP contribution in [0.4, 0.5) is 5.69 Å². The zero-order valence-corrected chi connectivity index (χ0v) is 12.7. The number of hydrogen-bond donors (Lipinski definition) is 1. The summed E-state index contributed by atoms with van der Waals surface area (Å²) in [6.07, 6.45) is 7.80. The van der Waals surface area contributed by atoms with Gasteiger partial charge in [-0.15, -0.1) is 0 Å². The van der Waals surface area contributed by atoms with Crippen molar-refractivity contribution in [2.24, 2.45) is 0 Å². The Labute approximate surface area is 117 Å². The van der Waals surface area contributed by atoms with E-state index in [2.05, 4.69) is 49.0 Å². The quantitative estimate of drug-likeness (QED) is 0.906. The Morgan fingerprint density at radius 3 is 2.84 bits per heavy atom. The summed E-state index contributed by atoms with van der Waals surface area (Å²) in [4.78, 5) is 6.78. The van der Waals surface area contributed by atoms with E-state index in [1.807, 2.05) is 12.4 Å². The van der Waals surface area contributed by atoms with Gasteiger partial charge in [-0.2, -0.15) is 0 Å². The van der Waals surface area contributed by atoms with Crippen LogP contribution in [0.15, 0.2) is 18.5 Å². The molecule has 19 heavy (non-hydrogen) atoms. The Morgan fingerprint density at radius 2 is 2.16 bits per heavy atom. The van der Waals surface area contributed by atoms with Gasteiger partial charge in [0.2, 0.25) is 0 Å². The van der Waals surface area contributed by atoms with Gasteiger partial charge in [0.15, 0.2) is 0 Å². The lowest BCUT2D eigenvalue weighted by atomic mass is 9.99. The zero-order chi connectivity index (χ0) is 13.9. The average molecular weight is 261 g/mol. The molecule has 2 heterocycles. The third-order valence-electron chi connectivity index (χ3n) is 3.80. The van der Waals surface area contributed by atoms with E-state index in [9.17, 15) is 0 Å². The molecule has 0 bridgehead atoms. The number of anilines is 1. The molecule has 0 spiro atoms. The largest absolute Gasteiger partial charge is 0.367 e. The van der Waals surface area contributed by atoms with E-state index in [1.54, 1.807) is 0 Å². The maximum absolute atomic E-state index is 4.21. The van der Waals surface area contributed by atoms with Gasteiger partial charge in [0.05, 0.1) is 0 Å². The van der Waals surface area contributed by atoms with Crippen molar-refractivity contribution in [3.63, 3.8) is 0 Å². The van der Waals surface area contributed by atoms with Crippen LogP contribution in [-0.4, -0.2) is 29.7 Å². The molecule has 0 saturated carbocycles. The van der Waals surface area contributed by atoms with Crippen molar-refractivity contribution >= 4 is 5.69 Å². The lowest BCUT2D eigenvalue weighted by Gasteiger charge is -2.39. The SMILES string of the molecule is Cc1cnccc1N1CCCCC1CNC(C)(C)C. The highest BCUT2D eigenvalue weighted by atomic mass is 15.2. The van der Waals surface area contributed by atoms with E-state index in [-0.39, 0.29) is 5.54 Å². The van der Waals surface area contributed by atoms with Gasteiger partial charge < -0.3 is 10.2 Å². The molecule has 1 aromatic heterocycles. The number of aryl methyl sites for hydroxylation is 1. The summed E-state index contributed by atoms with van der Waals surface area (Å²) in [5, 5.41) is 3.65. The molecule has 0 radical (unpaired) electrons. The second kappa shape index (κ2) is 5.91. The van der Waals surface area contributed by atoms with Gasteiger partial charge in [-0.1, -0.05) is 0 Å². The smallest absolute Gasteiger partial charge is 0.0429 e. The molecule has 1 N–H and O–H groups in total. The number of nitrogens with zero attached hydrogens (tertiary/aromatic N) is 2. The predicted molar refractivity (Wildman–Crippen MR) is 81.7 cm³/mol. The summed E-state index contributed by atoms with van der Waals surface area (Å²) in [6, 6.07) is 2.76. The monoisotopic (exact) mass is 261 g/mol. The molecule has 1 saturated heterocycles. The first-order chi connectivity index (χ1) is 8.97. The topological polar surface area (TPSA) is 28.2 Å². The van der Waals surface area contributed by atoms with E-state index < -0.39 is 0 Å². The van der Waals surface area contributed by atoms with Crippen molar-refractivity contribution in [1.29, 1.82) is 0 Å². The molecule has 1 unspecified atom stereocenters. The van der Waals surface area contributed by atoms with E-state index in [0.29, 0.717) is 6.04 Å². The highest BCUT2D eigenvalue weighted by Gasteiger charge is 2.24. The molecule has 3 heteroatoms. The van der Waals surface area contributed by atoms with Gasteiger partial charge >= 0.3 is 0 Å². The van der Waals surface area contributed by atoms with Crippen LogP contribution in [0.2, 0.25) is 0 Å². The summed E-state index contributed by atoms with van der Waals surface area (Å²) in [5.74, 6) is 0. The van der Waals surface area contributed by atoms with Gasteiger partial charge in [0, 0.05) is 42.8 Å². The summed E-state index contributed by atoms with van der Waals surface area (Å²) >= 11 is 0. The maximum atomic E-state index is 4.21. The lowest BCUT2D eigenvalue weighted by molar-refractivity contribution is 0.366. The van der Waals surface area contributed by atoms with Gasteiger partial charge in [-0.25, -0.2) is 0 Å². The van der Waals surface area contributed by atoms with Crippen molar-refractivity contribution in [2.75, 3.05) is 18.0 Å². The molecule has 1 aliphatic rings. The van der Waals surface area contributed by atoms with Gasteiger partial charge in [0.25, 0.3) is 0 Å². The molecule has 1 fully saturated rings. The first-order valence-electron chi connectivity index (χ1n) is 7.40. The van der Waals surface area contributed by atoms with E-state index in [0.717, 1.165) is 6.54 Å². The average Bonchev–Trinajstić information content (AvgIpc) is 2.37. The molecule has 1 atom stereocenters. The third kappa shape index (κ3) is 3.93.